The molecule has 86 valence electrons. The van der Waals surface area contributed by atoms with Crippen molar-refractivity contribution in [2.45, 2.75) is 12.5 Å². The Bertz CT molecular complexity index is 457. The lowest BCUT2D eigenvalue weighted by Gasteiger charge is -2.11. The molecule has 2 rings (SSSR count). The summed E-state index contributed by atoms with van der Waals surface area (Å²) >= 11 is 0. The number of hydrogen-bond donors (Lipinski definition) is 1. The molecule has 0 aliphatic rings. The average Bonchev–Trinajstić information content (AvgIpc) is 2.84. The topological polar surface area (TPSA) is 60.6 Å². The fourth-order valence-corrected chi connectivity index (χ4v) is 1.70. The third kappa shape index (κ3) is 2.27. The van der Waals surface area contributed by atoms with Gasteiger partial charge in [0.25, 0.3) is 0 Å². The molecule has 0 fully saturated rings. The Kier molecular flexibility index (Phi) is 3.00. The zero-order chi connectivity index (χ0) is 11.5. The lowest BCUT2D eigenvalue weighted by Crippen LogP contribution is -2.18. The fraction of sp³-hybridized carbons (Fsp3) is 0.500. The molecule has 6 heteroatoms. The average molecular weight is 220 g/mol. The maximum atomic E-state index is 4.17. The summed E-state index contributed by atoms with van der Waals surface area (Å²) in [6, 6.07) is 0.227. The minimum Gasteiger partial charge on any atom is -0.313 e. The first-order valence-electron chi connectivity index (χ1n) is 5.20. The number of aromatic nitrogens is 5. The minimum absolute atomic E-state index is 0.227. The molecule has 0 saturated carbocycles. The van der Waals surface area contributed by atoms with Crippen molar-refractivity contribution in [1.29, 1.82) is 0 Å². The molecule has 1 unspecified atom stereocenters. The van der Waals surface area contributed by atoms with Crippen LogP contribution in [0.15, 0.2) is 18.6 Å². The van der Waals surface area contributed by atoms with Gasteiger partial charge in [-0.15, -0.1) is 5.10 Å². The van der Waals surface area contributed by atoms with E-state index in [1.807, 2.05) is 39.7 Å². The van der Waals surface area contributed by atoms with E-state index in [9.17, 15) is 0 Å². The minimum atomic E-state index is 0.227. The Morgan fingerprint density at radius 3 is 2.62 bits per heavy atom. The van der Waals surface area contributed by atoms with Gasteiger partial charge in [-0.1, -0.05) is 5.21 Å². The summed E-state index contributed by atoms with van der Waals surface area (Å²) in [5.41, 5.74) is 2.14. The van der Waals surface area contributed by atoms with E-state index < -0.39 is 0 Å². The molecule has 0 radical (unpaired) electrons. The first-order chi connectivity index (χ1) is 7.69. The molecule has 2 heterocycles. The van der Waals surface area contributed by atoms with Crippen LogP contribution in [0.25, 0.3) is 0 Å². The maximum absolute atomic E-state index is 4.17. The predicted molar refractivity (Wildman–Crippen MR) is 59.7 cm³/mol. The molecule has 16 heavy (non-hydrogen) atoms. The fourth-order valence-electron chi connectivity index (χ4n) is 1.70. The molecule has 2 aromatic rings. The van der Waals surface area contributed by atoms with Crippen LogP contribution in [0.2, 0.25) is 0 Å². The second-order valence-corrected chi connectivity index (χ2v) is 3.88. The third-order valence-electron chi connectivity index (χ3n) is 2.54. The Morgan fingerprint density at radius 2 is 2.12 bits per heavy atom. The van der Waals surface area contributed by atoms with Gasteiger partial charge in [0, 0.05) is 44.5 Å². The summed E-state index contributed by atoms with van der Waals surface area (Å²) in [5, 5.41) is 15.4. The molecule has 0 spiro atoms. The molecule has 2 aromatic heterocycles. The number of aryl methyl sites for hydroxylation is 2. The second kappa shape index (κ2) is 4.44. The molecule has 6 nitrogen and oxygen atoms in total. The molecular formula is C10H16N6. The number of nitrogens with one attached hydrogen (secondary N) is 1. The van der Waals surface area contributed by atoms with Crippen molar-refractivity contribution in [3.63, 3.8) is 0 Å². The Balaban J connectivity index is 2.12. The molecule has 0 aliphatic carbocycles. The lowest BCUT2D eigenvalue weighted by molar-refractivity contribution is 0.582. The van der Waals surface area contributed by atoms with E-state index in [-0.39, 0.29) is 6.04 Å². The monoisotopic (exact) mass is 220 g/mol. The van der Waals surface area contributed by atoms with Crippen molar-refractivity contribution < 1.29 is 0 Å². The molecule has 0 aromatic carbocycles. The summed E-state index contributed by atoms with van der Waals surface area (Å²) in [6.45, 7) is 0. The smallest absolute Gasteiger partial charge is 0.0845 e. The van der Waals surface area contributed by atoms with Gasteiger partial charge in [-0.25, -0.2) is 0 Å². The van der Waals surface area contributed by atoms with E-state index in [1.165, 1.54) is 0 Å². The van der Waals surface area contributed by atoms with Gasteiger partial charge in [0.05, 0.1) is 11.9 Å². The van der Waals surface area contributed by atoms with Crippen LogP contribution in [0.1, 0.15) is 17.3 Å². The highest BCUT2D eigenvalue weighted by Gasteiger charge is 2.13. The molecule has 0 amide bonds. The lowest BCUT2D eigenvalue weighted by atomic mass is 10.1. The van der Waals surface area contributed by atoms with Gasteiger partial charge in [-0.05, 0) is 7.05 Å². The molecular weight excluding hydrogens is 204 g/mol. The second-order valence-electron chi connectivity index (χ2n) is 3.88. The first kappa shape index (κ1) is 10.8. The highest BCUT2D eigenvalue weighted by molar-refractivity contribution is 5.13. The van der Waals surface area contributed by atoms with Crippen LogP contribution in [-0.2, 0) is 20.5 Å². The summed E-state index contributed by atoms with van der Waals surface area (Å²) < 4.78 is 3.52. The van der Waals surface area contributed by atoms with Crippen LogP contribution in [0, 0.1) is 0 Å². The van der Waals surface area contributed by atoms with E-state index in [0.717, 1.165) is 17.7 Å². The van der Waals surface area contributed by atoms with Crippen molar-refractivity contribution in [3.05, 3.63) is 29.8 Å². The van der Waals surface area contributed by atoms with Gasteiger partial charge < -0.3 is 5.32 Å². The van der Waals surface area contributed by atoms with Crippen molar-refractivity contribution in [3.8, 4) is 0 Å². The summed E-state index contributed by atoms with van der Waals surface area (Å²) in [5.74, 6) is 0. The Morgan fingerprint density at radius 1 is 1.31 bits per heavy atom. The Labute approximate surface area is 94.3 Å². The molecule has 1 atom stereocenters. The van der Waals surface area contributed by atoms with E-state index in [2.05, 4.69) is 20.7 Å². The van der Waals surface area contributed by atoms with Crippen LogP contribution < -0.4 is 5.32 Å². The maximum Gasteiger partial charge on any atom is 0.0845 e. The van der Waals surface area contributed by atoms with Crippen molar-refractivity contribution in [2.24, 2.45) is 14.1 Å². The number of hydrogen-bond acceptors (Lipinski definition) is 4. The van der Waals surface area contributed by atoms with E-state index in [1.54, 1.807) is 9.36 Å². The van der Waals surface area contributed by atoms with Crippen LogP contribution >= 0.6 is 0 Å². The molecule has 1 N–H and O–H groups in total. The van der Waals surface area contributed by atoms with Gasteiger partial charge in [-0.3, -0.25) is 9.36 Å². The first-order valence-corrected chi connectivity index (χ1v) is 5.20. The van der Waals surface area contributed by atoms with Crippen LogP contribution in [0.5, 0.6) is 0 Å². The standard InChI is InChI=1S/C10H16N6/c1-11-10(8-5-12-15(2)6-8)4-9-7-16(3)14-13-9/h5-7,10-11H,4H2,1-3H3. The van der Waals surface area contributed by atoms with Gasteiger partial charge >= 0.3 is 0 Å². The van der Waals surface area contributed by atoms with E-state index >= 15 is 0 Å². The molecule has 0 aliphatic heterocycles. The van der Waals surface area contributed by atoms with Gasteiger partial charge in [0.2, 0.25) is 0 Å². The molecule has 0 bridgehead atoms. The van der Waals surface area contributed by atoms with Crippen molar-refractivity contribution in [1.82, 2.24) is 30.1 Å². The van der Waals surface area contributed by atoms with Crippen LogP contribution in [0.4, 0.5) is 0 Å². The Hall–Kier alpha value is -1.69. The normalized spacial score (nSPS) is 12.9. The highest BCUT2D eigenvalue weighted by Crippen LogP contribution is 2.15. The van der Waals surface area contributed by atoms with E-state index in [4.69, 9.17) is 0 Å². The zero-order valence-corrected chi connectivity index (χ0v) is 9.75. The van der Waals surface area contributed by atoms with E-state index in [0.29, 0.717) is 0 Å². The molecule has 0 saturated heterocycles. The predicted octanol–water partition coefficient (Wildman–Crippen LogP) is 0.0518. The summed E-state index contributed by atoms with van der Waals surface area (Å²) in [7, 11) is 5.72. The number of likely N-dealkylation sites (N-methyl/N-ethyl adjacent to an activating group) is 1. The quantitative estimate of drug-likeness (QED) is 0.791. The van der Waals surface area contributed by atoms with Crippen molar-refractivity contribution in [2.75, 3.05) is 7.05 Å². The van der Waals surface area contributed by atoms with Gasteiger partial charge in [-0.2, -0.15) is 5.10 Å². The third-order valence-corrected chi connectivity index (χ3v) is 2.54. The highest BCUT2D eigenvalue weighted by atomic mass is 15.4. The van der Waals surface area contributed by atoms with Crippen LogP contribution in [0.3, 0.4) is 0 Å². The summed E-state index contributed by atoms with van der Waals surface area (Å²) in [4.78, 5) is 0. The largest absolute Gasteiger partial charge is 0.313 e. The van der Waals surface area contributed by atoms with Crippen LogP contribution in [-0.4, -0.2) is 31.8 Å². The number of nitrogens with zero attached hydrogens (tertiary/aromatic N) is 5. The van der Waals surface area contributed by atoms with Gasteiger partial charge in [0.15, 0.2) is 0 Å². The zero-order valence-electron chi connectivity index (χ0n) is 9.75. The SMILES string of the molecule is CNC(Cc1cn(C)nn1)c1cnn(C)c1. The van der Waals surface area contributed by atoms with Gasteiger partial charge in [0.1, 0.15) is 0 Å². The summed E-state index contributed by atoms with van der Waals surface area (Å²) in [6.07, 6.45) is 6.63. The van der Waals surface area contributed by atoms with Crippen molar-refractivity contribution >= 4 is 0 Å². The number of rotatable bonds is 4.